The van der Waals surface area contributed by atoms with Crippen LogP contribution in [0.3, 0.4) is 0 Å². The van der Waals surface area contributed by atoms with Gasteiger partial charge in [-0.05, 0) is 54.9 Å². The van der Waals surface area contributed by atoms with Crippen LogP contribution < -0.4 is 0 Å². The van der Waals surface area contributed by atoms with Crippen molar-refractivity contribution in [2.45, 2.75) is 81.8 Å². The van der Waals surface area contributed by atoms with Gasteiger partial charge in [0.05, 0.1) is 18.1 Å². The summed E-state index contributed by atoms with van der Waals surface area (Å²) in [4.78, 5) is 37.3. The monoisotopic (exact) mass is 542 g/mol. The molecule has 0 radical (unpaired) electrons. The molecule has 1 unspecified atom stereocenters. The highest BCUT2D eigenvalue weighted by atomic mass is 79.9. The highest BCUT2D eigenvalue weighted by molar-refractivity contribution is 9.10. The van der Waals surface area contributed by atoms with E-state index in [9.17, 15) is 14.4 Å². The number of ketones is 1. The Morgan fingerprint density at radius 1 is 0.966 bits per heavy atom. The Labute approximate surface area is 189 Å². The van der Waals surface area contributed by atoms with Gasteiger partial charge in [0, 0.05) is 6.42 Å². The van der Waals surface area contributed by atoms with E-state index >= 15 is 0 Å². The van der Waals surface area contributed by atoms with E-state index in [1.807, 2.05) is 13.8 Å². The number of hydrogen-bond acceptors (Lipinski definition) is 7. The topological polar surface area (TPSA) is 88.1 Å². The lowest BCUT2D eigenvalue weighted by Crippen LogP contribution is -2.42. The molecule has 1 saturated heterocycles. The lowest BCUT2D eigenvalue weighted by molar-refractivity contribution is -0.159. The minimum absolute atomic E-state index is 0.175. The molecule has 1 aliphatic rings. The highest BCUT2D eigenvalue weighted by Gasteiger charge is 2.40. The van der Waals surface area contributed by atoms with Gasteiger partial charge in [-0.15, -0.1) is 0 Å². The minimum Gasteiger partial charge on any atom is -0.463 e. The number of esters is 2. The van der Waals surface area contributed by atoms with Crippen molar-refractivity contribution in [3.63, 3.8) is 0 Å². The maximum Gasteiger partial charge on any atom is 0.322 e. The van der Waals surface area contributed by atoms with Crippen molar-refractivity contribution >= 4 is 49.6 Å². The van der Waals surface area contributed by atoms with Crippen molar-refractivity contribution in [1.29, 1.82) is 0 Å². The van der Waals surface area contributed by atoms with Crippen LogP contribution in [0.2, 0.25) is 0 Å². The first-order chi connectivity index (χ1) is 13.0. The zero-order valence-electron chi connectivity index (χ0n) is 18.2. The fourth-order valence-corrected chi connectivity index (χ4v) is 2.72. The van der Waals surface area contributed by atoms with Crippen LogP contribution in [-0.2, 0) is 33.3 Å². The van der Waals surface area contributed by atoms with Gasteiger partial charge >= 0.3 is 11.9 Å². The van der Waals surface area contributed by atoms with E-state index in [1.54, 1.807) is 34.6 Å². The maximum absolute atomic E-state index is 13.0. The SMILES string of the molecule is CC1(C)OCC(CCC(=O)C(C)(COC(=O)C(C)(C)Br)COC(=O)C(C)(C)Br)O1. The van der Waals surface area contributed by atoms with Crippen molar-refractivity contribution in [3.8, 4) is 0 Å². The van der Waals surface area contributed by atoms with Gasteiger partial charge in [0.2, 0.25) is 0 Å². The number of ether oxygens (including phenoxy) is 4. The highest BCUT2D eigenvalue weighted by Crippen LogP contribution is 2.29. The van der Waals surface area contributed by atoms with Gasteiger partial charge in [0.15, 0.2) is 5.79 Å². The van der Waals surface area contributed by atoms with Crippen molar-refractivity contribution in [2.75, 3.05) is 19.8 Å². The molecule has 0 saturated carbocycles. The van der Waals surface area contributed by atoms with Crippen LogP contribution >= 0.6 is 31.9 Å². The van der Waals surface area contributed by atoms with Gasteiger partial charge in [-0.1, -0.05) is 31.9 Å². The zero-order chi connectivity index (χ0) is 22.7. The molecule has 0 aliphatic carbocycles. The second-order valence-electron chi connectivity index (χ2n) is 9.07. The van der Waals surface area contributed by atoms with E-state index in [4.69, 9.17) is 18.9 Å². The number of Topliss-reactive ketones (excluding diaryl/α,β-unsaturated/α-hetero) is 1. The Hall–Kier alpha value is -0.510. The largest absolute Gasteiger partial charge is 0.463 e. The summed E-state index contributed by atoms with van der Waals surface area (Å²) in [5.41, 5.74) is -1.17. The molecular weight excluding hydrogens is 512 g/mol. The van der Waals surface area contributed by atoms with Crippen molar-refractivity contribution in [1.82, 2.24) is 0 Å². The van der Waals surface area contributed by atoms with Crippen LogP contribution in [0.15, 0.2) is 0 Å². The van der Waals surface area contributed by atoms with Gasteiger partial charge < -0.3 is 18.9 Å². The number of hydrogen-bond donors (Lipinski definition) is 0. The van der Waals surface area contributed by atoms with E-state index in [1.165, 1.54) is 0 Å². The number of rotatable bonds is 10. The van der Waals surface area contributed by atoms with Gasteiger partial charge in [0.1, 0.15) is 27.6 Å². The molecule has 0 amide bonds. The van der Waals surface area contributed by atoms with E-state index in [2.05, 4.69) is 31.9 Å². The fraction of sp³-hybridized carbons (Fsp3) is 0.850. The molecule has 9 heteroatoms. The van der Waals surface area contributed by atoms with Gasteiger partial charge in [-0.3, -0.25) is 14.4 Å². The Kier molecular flexibility index (Phi) is 8.91. The first kappa shape index (κ1) is 26.5. The molecule has 1 atom stereocenters. The van der Waals surface area contributed by atoms with Crippen LogP contribution in [0.5, 0.6) is 0 Å². The molecule has 0 aromatic rings. The Bertz CT molecular complexity index is 587. The predicted molar refractivity (Wildman–Crippen MR) is 115 cm³/mol. The smallest absolute Gasteiger partial charge is 0.322 e. The molecule has 0 spiro atoms. The van der Waals surface area contributed by atoms with E-state index in [-0.39, 0.29) is 31.5 Å². The Balaban J connectivity index is 2.80. The molecular formula is C20H32Br2O7. The van der Waals surface area contributed by atoms with E-state index < -0.39 is 31.8 Å². The van der Waals surface area contributed by atoms with Crippen LogP contribution in [0.25, 0.3) is 0 Å². The molecule has 7 nitrogen and oxygen atoms in total. The lowest BCUT2D eigenvalue weighted by atomic mass is 9.84. The van der Waals surface area contributed by atoms with Crippen LogP contribution in [-0.4, -0.2) is 58.1 Å². The molecule has 29 heavy (non-hydrogen) atoms. The standard InChI is InChI=1S/C20H32Br2O7/c1-17(2,21)15(24)26-11-20(7,12-27-16(25)18(3,4)22)14(23)9-8-13-10-28-19(5,6)29-13/h13H,8-12H2,1-7H3. The average molecular weight is 544 g/mol. The maximum atomic E-state index is 13.0. The second-order valence-corrected chi connectivity index (χ2v) is 13.0. The molecule has 0 bridgehead atoms. The average Bonchev–Trinajstić information content (AvgIpc) is 2.92. The number of carbonyl (C=O) groups is 3. The van der Waals surface area contributed by atoms with Crippen molar-refractivity contribution < 1.29 is 33.3 Å². The summed E-state index contributed by atoms with van der Waals surface area (Å²) in [6.07, 6.45) is 0.463. The summed E-state index contributed by atoms with van der Waals surface area (Å²) in [7, 11) is 0. The summed E-state index contributed by atoms with van der Waals surface area (Å²) in [6.45, 7) is 11.9. The summed E-state index contributed by atoms with van der Waals surface area (Å²) in [5.74, 6) is -1.84. The third-order valence-corrected chi connectivity index (χ3v) is 5.10. The third-order valence-electron chi connectivity index (χ3n) is 4.45. The number of alkyl halides is 2. The number of carbonyl (C=O) groups excluding carboxylic acids is 3. The normalized spacial score (nSPS) is 19.7. The Morgan fingerprint density at radius 2 is 1.41 bits per heavy atom. The zero-order valence-corrected chi connectivity index (χ0v) is 21.4. The van der Waals surface area contributed by atoms with E-state index in [0.29, 0.717) is 13.0 Å². The van der Waals surface area contributed by atoms with E-state index in [0.717, 1.165) is 0 Å². The van der Waals surface area contributed by atoms with Crippen LogP contribution in [0, 0.1) is 5.41 Å². The van der Waals surface area contributed by atoms with Crippen LogP contribution in [0.4, 0.5) is 0 Å². The molecule has 1 aliphatic heterocycles. The predicted octanol–water partition coefficient (Wildman–Crippen LogP) is 3.93. The van der Waals surface area contributed by atoms with Gasteiger partial charge in [-0.2, -0.15) is 0 Å². The Morgan fingerprint density at radius 3 is 1.76 bits per heavy atom. The van der Waals surface area contributed by atoms with Gasteiger partial charge in [-0.25, -0.2) is 0 Å². The minimum atomic E-state index is -1.17. The van der Waals surface area contributed by atoms with Gasteiger partial charge in [0.25, 0.3) is 0 Å². The summed E-state index contributed by atoms with van der Waals surface area (Å²) >= 11 is 6.48. The molecule has 1 rings (SSSR count). The third kappa shape index (κ3) is 8.63. The molecule has 0 aromatic carbocycles. The van der Waals surface area contributed by atoms with Crippen LogP contribution in [0.1, 0.15) is 61.3 Å². The first-order valence-corrected chi connectivity index (χ1v) is 11.1. The first-order valence-electron chi connectivity index (χ1n) is 9.54. The molecule has 1 heterocycles. The summed E-state index contributed by atoms with van der Waals surface area (Å²) in [5, 5.41) is 0. The molecule has 0 aromatic heterocycles. The number of halogens is 2. The molecule has 168 valence electrons. The fourth-order valence-electron chi connectivity index (χ4n) is 2.49. The molecule has 0 N–H and O–H groups in total. The van der Waals surface area contributed by atoms with Crippen molar-refractivity contribution in [2.24, 2.45) is 5.41 Å². The summed E-state index contributed by atoms with van der Waals surface area (Å²) in [6, 6.07) is 0. The molecule has 1 fully saturated rings. The second kappa shape index (κ2) is 9.75. The van der Waals surface area contributed by atoms with Crippen molar-refractivity contribution in [3.05, 3.63) is 0 Å². The lowest BCUT2D eigenvalue weighted by Gasteiger charge is -2.29. The quantitative estimate of drug-likeness (QED) is 0.304. The summed E-state index contributed by atoms with van der Waals surface area (Å²) < 4.78 is 20.2.